The third kappa shape index (κ3) is 3.98. The molecule has 18 heavy (non-hydrogen) atoms. The van der Waals surface area contributed by atoms with Crippen LogP contribution in [0.25, 0.3) is 0 Å². The van der Waals surface area contributed by atoms with Gasteiger partial charge in [-0.3, -0.25) is 4.79 Å². The molecule has 2 aliphatic carbocycles. The van der Waals surface area contributed by atoms with Crippen molar-refractivity contribution in [1.29, 1.82) is 0 Å². The lowest BCUT2D eigenvalue weighted by Crippen LogP contribution is -2.37. The zero-order valence-electron chi connectivity index (χ0n) is 11.9. The van der Waals surface area contributed by atoms with Crippen LogP contribution in [0.2, 0.25) is 0 Å². The van der Waals surface area contributed by atoms with Crippen molar-refractivity contribution >= 4 is 5.91 Å². The molecule has 1 amide bonds. The van der Waals surface area contributed by atoms with E-state index in [-0.39, 0.29) is 17.2 Å². The molecule has 1 atom stereocenters. The number of carbonyl (C=O) groups excluding carboxylic acids is 1. The minimum atomic E-state index is 0.249. The summed E-state index contributed by atoms with van der Waals surface area (Å²) in [6.07, 6.45) is 9.18. The molecule has 0 aromatic heterocycles. The molecule has 0 aromatic rings. The summed E-state index contributed by atoms with van der Waals surface area (Å²) in [5.41, 5.74) is 0.249. The van der Waals surface area contributed by atoms with E-state index in [0.29, 0.717) is 6.04 Å². The van der Waals surface area contributed by atoms with E-state index in [0.717, 1.165) is 19.5 Å². The molecule has 0 aliphatic heterocycles. The number of rotatable bonds is 5. The Morgan fingerprint density at radius 1 is 1.11 bits per heavy atom. The zero-order valence-corrected chi connectivity index (χ0v) is 11.9. The average Bonchev–Trinajstić information content (AvgIpc) is 3.03. The first-order valence-corrected chi connectivity index (χ1v) is 7.61. The topological polar surface area (TPSA) is 41.1 Å². The standard InChI is InChI=1S/C15H28N2O/c1-15(2)11-13(15)14(18)17-10-9-16-12-7-5-3-4-6-8-12/h12-13,16H,3-11H2,1-2H3,(H,17,18). The van der Waals surface area contributed by atoms with Gasteiger partial charge in [-0.15, -0.1) is 0 Å². The summed E-state index contributed by atoms with van der Waals surface area (Å²) in [6.45, 7) is 6.04. The summed E-state index contributed by atoms with van der Waals surface area (Å²) in [6, 6.07) is 0.682. The first-order chi connectivity index (χ1) is 8.59. The van der Waals surface area contributed by atoms with Crippen LogP contribution in [-0.4, -0.2) is 25.0 Å². The number of nitrogens with one attached hydrogen (secondary N) is 2. The van der Waals surface area contributed by atoms with Crippen LogP contribution in [0.15, 0.2) is 0 Å². The molecule has 3 heteroatoms. The van der Waals surface area contributed by atoms with Crippen molar-refractivity contribution in [2.24, 2.45) is 11.3 Å². The van der Waals surface area contributed by atoms with Crippen molar-refractivity contribution in [3.05, 3.63) is 0 Å². The van der Waals surface area contributed by atoms with Gasteiger partial charge in [0.25, 0.3) is 0 Å². The summed E-state index contributed by atoms with van der Waals surface area (Å²) in [5.74, 6) is 0.512. The Labute approximate surface area is 111 Å². The lowest BCUT2D eigenvalue weighted by molar-refractivity contribution is -0.122. The third-order valence-corrected chi connectivity index (χ3v) is 4.54. The van der Waals surface area contributed by atoms with Crippen LogP contribution in [0.5, 0.6) is 0 Å². The van der Waals surface area contributed by atoms with Gasteiger partial charge in [0, 0.05) is 25.0 Å². The molecule has 104 valence electrons. The highest BCUT2D eigenvalue weighted by Gasteiger charge is 2.50. The first-order valence-electron chi connectivity index (χ1n) is 7.61. The van der Waals surface area contributed by atoms with Gasteiger partial charge < -0.3 is 10.6 Å². The van der Waals surface area contributed by atoms with Crippen molar-refractivity contribution in [2.75, 3.05) is 13.1 Å². The number of amides is 1. The van der Waals surface area contributed by atoms with Crippen molar-refractivity contribution in [3.63, 3.8) is 0 Å². The molecular weight excluding hydrogens is 224 g/mol. The highest BCUT2D eigenvalue weighted by Crippen LogP contribution is 2.51. The summed E-state index contributed by atoms with van der Waals surface area (Å²) >= 11 is 0. The Morgan fingerprint density at radius 2 is 1.72 bits per heavy atom. The van der Waals surface area contributed by atoms with Gasteiger partial charge in [-0.2, -0.15) is 0 Å². The fraction of sp³-hybridized carbons (Fsp3) is 0.933. The predicted octanol–water partition coefficient (Wildman–Crippen LogP) is 2.46. The zero-order chi connectivity index (χ0) is 13.0. The molecule has 2 saturated carbocycles. The molecule has 0 bridgehead atoms. The molecule has 0 spiro atoms. The molecule has 2 N–H and O–H groups in total. The lowest BCUT2D eigenvalue weighted by Gasteiger charge is -2.16. The van der Waals surface area contributed by atoms with Gasteiger partial charge in [-0.1, -0.05) is 39.5 Å². The van der Waals surface area contributed by atoms with Gasteiger partial charge in [0.2, 0.25) is 5.91 Å². The van der Waals surface area contributed by atoms with Gasteiger partial charge in [-0.25, -0.2) is 0 Å². The number of carbonyl (C=O) groups is 1. The van der Waals surface area contributed by atoms with E-state index in [2.05, 4.69) is 24.5 Å². The average molecular weight is 252 g/mol. The fourth-order valence-corrected chi connectivity index (χ4v) is 2.98. The van der Waals surface area contributed by atoms with Gasteiger partial charge in [0.15, 0.2) is 0 Å². The van der Waals surface area contributed by atoms with Crippen molar-refractivity contribution in [3.8, 4) is 0 Å². The maximum Gasteiger partial charge on any atom is 0.223 e. The van der Waals surface area contributed by atoms with E-state index in [4.69, 9.17) is 0 Å². The summed E-state index contributed by atoms with van der Waals surface area (Å²) in [4.78, 5) is 11.8. The second-order valence-corrected chi connectivity index (χ2v) is 6.68. The Morgan fingerprint density at radius 3 is 2.28 bits per heavy atom. The highest BCUT2D eigenvalue weighted by atomic mass is 16.2. The molecule has 2 rings (SSSR count). The normalized spacial score (nSPS) is 27.6. The molecule has 0 saturated heterocycles. The summed E-state index contributed by atoms with van der Waals surface area (Å²) in [5, 5.41) is 6.64. The van der Waals surface area contributed by atoms with Crippen LogP contribution in [-0.2, 0) is 4.79 Å². The van der Waals surface area contributed by atoms with Gasteiger partial charge in [0.1, 0.15) is 0 Å². The van der Waals surface area contributed by atoms with Gasteiger partial charge in [0.05, 0.1) is 0 Å². The lowest BCUT2D eigenvalue weighted by atomic mass is 10.1. The number of hydrogen-bond donors (Lipinski definition) is 2. The van der Waals surface area contributed by atoms with E-state index in [9.17, 15) is 4.79 Å². The van der Waals surface area contributed by atoms with Gasteiger partial charge in [-0.05, 0) is 24.7 Å². The molecular formula is C15H28N2O. The van der Waals surface area contributed by atoms with Crippen LogP contribution in [0.1, 0.15) is 58.8 Å². The highest BCUT2D eigenvalue weighted by molar-refractivity contribution is 5.82. The SMILES string of the molecule is CC1(C)CC1C(=O)NCCNC1CCCCCC1. The van der Waals surface area contributed by atoms with Crippen LogP contribution in [0.4, 0.5) is 0 Å². The van der Waals surface area contributed by atoms with E-state index >= 15 is 0 Å². The minimum absolute atomic E-state index is 0.249. The smallest absolute Gasteiger partial charge is 0.223 e. The van der Waals surface area contributed by atoms with Crippen LogP contribution in [0, 0.1) is 11.3 Å². The van der Waals surface area contributed by atoms with Crippen LogP contribution >= 0.6 is 0 Å². The third-order valence-electron chi connectivity index (χ3n) is 4.54. The minimum Gasteiger partial charge on any atom is -0.355 e. The van der Waals surface area contributed by atoms with E-state index in [1.807, 2.05) is 0 Å². The molecule has 2 fully saturated rings. The maximum atomic E-state index is 11.8. The largest absolute Gasteiger partial charge is 0.355 e. The monoisotopic (exact) mass is 252 g/mol. The maximum absolute atomic E-state index is 11.8. The second-order valence-electron chi connectivity index (χ2n) is 6.68. The summed E-state index contributed by atoms with van der Waals surface area (Å²) in [7, 11) is 0. The molecule has 1 unspecified atom stereocenters. The second kappa shape index (κ2) is 6.05. The van der Waals surface area contributed by atoms with Crippen molar-refractivity contribution < 1.29 is 4.79 Å². The Kier molecular flexibility index (Phi) is 4.66. The Bertz CT molecular complexity index is 280. The first kappa shape index (κ1) is 13.9. The Hall–Kier alpha value is -0.570. The van der Waals surface area contributed by atoms with Crippen molar-refractivity contribution in [1.82, 2.24) is 10.6 Å². The fourth-order valence-electron chi connectivity index (χ4n) is 2.98. The molecule has 0 radical (unpaired) electrons. The van der Waals surface area contributed by atoms with E-state index in [1.165, 1.54) is 38.5 Å². The quantitative estimate of drug-likeness (QED) is 0.583. The van der Waals surface area contributed by atoms with Gasteiger partial charge >= 0.3 is 0 Å². The van der Waals surface area contributed by atoms with E-state index < -0.39 is 0 Å². The molecule has 0 heterocycles. The number of hydrogen-bond acceptors (Lipinski definition) is 2. The predicted molar refractivity (Wildman–Crippen MR) is 74.4 cm³/mol. The molecule has 3 nitrogen and oxygen atoms in total. The summed E-state index contributed by atoms with van der Waals surface area (Å²) < 4.78 is 0. The van der Waals surface area contributed by atoms with Crippen molar-refractivity contribution in [2.45, 2.75) is 64.8 Å². The Balaban J connectivity index is 1.54. The van der Waals surface area contributed by atoms with E-state index in [1.54, 1.807) is 0 Å². The van der Waals surface area contributed by atoms with Crippen LogP contribution < -0.4 is 10.6 Å². The molecule has 0 aromatic carbocycles. The molecule has 2 aliphatic rings. The van der Waals surface area contributed by atoms with Crippen LogP contribution in [0.3, 0.4) is 0 Å².